The summed E-state index contributed by atoms with van der Waals surface area (Å²) in [5, 5.41) is 7.15. The molecule has 2 aromatic carbocycles. The van der Waals surface area contributed by atoms with Crippen LogP contribution in [0, 0.1) is 6.92 Å². The second kappa shape index (κ2) is 9.89. The third-order valence-electron chi connectivity index (χ3n) is 4.11. The van der Waals surface area contributed by atoms with Gasteiger partial charge >= 0.3 is 5.97 Å². The molecular weight excluding hydrogens is 410 g/mol. The number of nitrogens with zero attached hydrogens (tertiary/aromatic N) is 2. The molecule has 0 aliphatic heterocycles. The maximum atomic E-state index is 12.1. The first-order valence-corrected chi connectivity index (χ1v) is 9.51. The summed E-state index contributed by atoms with van der Waals surface area (Å²) < 4.78 is 15.4. The number of carbonyl (C=O) groups is 2. The number of ether oxygens (including phenoxy) is 2. The van der Waals surface area contributed by atoms with Gasteiger partial charge < -0.3 is 19.3 Å². The molecule has 3 aromatic rings. The molecule has 1 amide bonds. The van der Waals surface area contributed by atoms with Crippen LogP contribution in [-0.2, 0) is 20.7 Å². The number of methoxy groups -OCH3 is 1. The van der Waals surface area contributed by atoms with Crippen molar-refractivity contribution in [2.24, 2.45) is 0 Å². The quantitative estimate of drug-likeness (QED) is 0.543. The summed E-state index contributed by atoms with van der Waals surface area (Å²) in [4.78, 5) is 28.2. The number of hydrogen-bond donors (Lipinski definition) is 1. The third kappa shape index (κ3) is 5.81. The highest BCUT2D eigenvalue weighted by molar-refractivity contribution is 6.30. The summed E-state index contributed by atoms with van der Waals surface area (Å²) in [6.45, 7) is 1.49. The van der Waals surface area contributed by atoms with E-state index in [1.54, 1.807) is 36.4 Å². The lowest BCUT2D eigenvalue weighted by Crippen LogP contribution is -2.21. The van der Waals surface area contributed by atoms with Crippen molar-refractivity contribution in [1.82, 2.24) is 10.1 Å². The first-order valence-electron chi connectivity index (χ1n) is 9.13. The largest absolute Gasteiger partial charge is 0.495 e. The fraction of sp³-hybridized carbons (Fsp3) is 0.238. The van der Waals surface area contributed by atoms with Crippen LogP contribution in [0.4, 0.5) is 5.69 Å². The van der Waals surface area contributed by atoms with Crippen LogP contribution in [0.2, 0.25) is 5.02 Å². The molecule has 8 nitrogen and oxygen atoms in total. The summed E-state index contributed by atoms with van der Waals surface area (Å²) in [7, 11) is 1.51. The van der Waals surface area contributed by atoms with Crippen molar-refractivity contribution in [3.63, 3.8) is 0 Å². The van der Waals surface area contributed by atoms with Crippen molar-refractivity contribution in [3.8, 4) is 17.1 Å². The lowest BCUT2D eigenvalue weighted by Gasteiger charge is -2.11. The molecule has 1 aromatic heterocycles. The molecule has 0 saturated heterocycles. The Bertz CT molecular complexity index is 1030. The van der Waals surface area contributed by atoms with Gasteiger partial charge in [0.25, 0.3) is 5.91 Å². The number of hydrogen-bond acceptors (Lipinski definition) is 7. The molecule has 0 atom stereocenters. The molecule has 156 valence electrons. The molecule has 0 aliphatic carbocycles. The highest BCUT2D eigenvalue weighted by Crippen LogP contribution is 2.25. The smallest absolute Gasteiger partial charge is 0.306 e. The monoisotopic (exact) mass is 429 g/mol. The number of aromatic nitrogens is 2. The molecule has 0 saturated carbocycles. The number of rotatable bonds is 8. The molecule has 9 heteroatoms. The summed E-state index contributed by atoms with van der Waals surface area (Å²) in [5.41, 5.74) is 2.22. The number of aryl methyl sites for hydroxylation is 2. The molecule has 0 spiro atoms. The van der Waals surface area contributed by atoms with E-state index in [9.17, 15) is 9.59 Å². The van der Waals surface area contributed by atoms with Crippen LogP contribution in [0.3, 0.4) is 0 Å². The zero-order valence-corrected chi connectivity index (χ0v) is 17.2. The van der Waals surface area contributed by atoms with E-state index in [2.05, 4.69) is 15.5 Å². The number of nitrogens with one attached hydrogen (secondary N) is 1. The Morgan fingerprint density at radius 1 is 1.17 bits per heavy atom. The zero-order valence-electron chi connectivity index (χ0n) is 16.5. The molecule has 0 radical (unpaired) electrons. The van der Waals surface area contributed by atoms with Crippen LogP contribution in [0.15, 0.2) is 47.0 Å². The van der Waals surface area contributed by atoms with E-state index in [-0.39, 0.29) is 12.8 Å². The highest BCUT2D eigenvalue weighted by Gasteiger charge is 2.14. The van der Waals surface area contributed by atoms with Gasteiger partial charge in [-0.1, -0.05) is 22.8 Å². The minimum absolute atomic E-state index is 0.00327. The molecule has 0 aliphatic rings. The number of benzene rings is 2. The van der Waals surface area contributed by atoms with E-state index in [0.29, 0.717) is 28.2 Å². The molecular formula is C21H20ClN3O5. The van der Waals surface area contributed by atoms with Crippen LogP contribution in [0.1, 0.15) is 17.9 Å². The van der Waals surface area contributed by atoms with Gasteiger partial charge in [-0.3, -0.25) is 9.59 Å². The van der Waals surface area contributed by atoms with Crippen molar-refractivity contribution in [3.05, 3.63) is 58.9 Å². The fourth-order valence-electron chi connectivity index (χ4n) is 2.61. The van der Waals surface area contributed by atoms with Crippen molar-refractivity contribution in [1.29, 1.82) is 0 Å². The number of esters is 1. The Kier molecular flexibility index (Phi) is 7.03. The minimum Gasteiger partial charge on any atom is -0.495 e. The van der Waals surface area contributed by atoms with Gasteiger partial charge in [-0.2, -0.15) is 4.98 Å². The first-order chi connectivity index (χ1) is 14.4. The zero-order chi connectivity index (χ0) is 21.5. The summed E-state index contributed by atoms with van der Waals surface area (Å²) in [6.07, 6.45) is 0.204. The SMILES string of the molecule is COc1ccc(C)cc1NC(=O)COC(=O)CCc1nc(-c2ccc(Cl)cc2)no1. The average Bonchev–Trinajstić information content (AvgIpc) is 3.20. The molecule has 3 rings (SSSR count). The van der Waals surface area contributed by atoms with Crippen molar-refractivity contribution >= 4 is 29.2 Å². The van der Waals surface area contributed by atoms with Gasteiger partial charge in [0.15, 0.2) is 6.61 Å². The van der Waals surface area contributed by atoms with Gasteiger partial charge in [-0.25, -0.2) is 0 Å². The predicted molar refractivity (Wildman–Crippen MR) is 110 cm³/mol. The summed E-state index contributed by atoms with van der Waals surface area (Å²) in [6, 6.07) is 12.4. The Balaban J connectivity index is 1.46. The van der Waals surface area contributed by atoms with Gasteiger partial charge in [-0.05, 0) is 48.9 Å². The van der Waals surface area contributed by atoms with Crippen molar-refractivity contribution in [2.45, 2.75) is 19.8 Å². The van der Waals surface area contributed by atoms with E-state index in [0.717, 1.165) is 11.1 Å². The molecule has 0 bridgehead atoms. The standard InChI is InChI=1S/C21H20ClN3O5/c1-13-3-8-17(28-2)16(11-13)23-18(26)12-29-20(27)10-9-19-24-21(25-30-19)14-4-6-15(22)7-5-14/h3-8,11H,9-10,12H2,1-2H3,(H,23,26). The fourth-order valence-corrected chi connectivity index (χ4v) is 2.73. The Hall–Kier alpha value is -3.39. The van der Waals surface area contributed by atoms with Crippen LogP contribution in [-0.4, -0.2) is 35.7 Å². The lowest BCUT2D eigenvalue weighted by molar-refractivity contribution is -0.147. The minimum atomic E-state index is -0.549. The van der Waals surface area contributed by atoms with Crippen LogP contribution >= 0.6 is 11.6 Å². The van der Waals surface area contributed by atoms with E-state index in [1.807, 2.05) is 13.0 Å². The maximum absolute atomic E-state index is 12.1. The second-order valence-electron chi connectivity index (χ2n) is 6.43. The number of amides is 1. The van der Waals surface area contributed by atoms with E-state index in [1.165, 1.54) is 7.11 Å². The third-order valence-corrected chi connectivity index (χ3v) is 4.36. The number of halogens is 1. The lowest BCUT2D eigenvalue weighted by atomic mass is 10.2. The van der Waals surface area contributed by atoms with Crippen LogP contribution in [0.25, 0.3) is 11.4 Å². The first kappa shape index (κ1) is 21.3. The molecule has 0 fully saturated rings. The molecule has 30 heavy (non-hydrogen) atoms. The highest BCUT2D eigenvalue weighted by atomic mass is 35.5. The second-order valence-corrected chi connectivity index (χ2v) is 6.87. The molecule has 1 N–H and O–H groups in total. The number of carbonyl (C=O) groups excluding carboxylic acids is 2. The summed E-state index contributed by atoms with van der Waals surface area (Å²) >= 11 is 5.86. The average molecular weight is 430 g/mol. The normalized spacial score (nSPS) is 10.5. The van der Waals surface area contributed by atoms with Gasteiger partial charge in [0.1, 0.15) is 5.75 Å². The van der Waals surface area contributed by atoms with Crippen LogP contribution in [0.5, 0.6) is 5.75 Å². The van der Waals surface area contributed by atoms with Gasteiger partial charge in [0.2, 0.25) is 11.7 Å². The van der Waals surface area contributed by atoms with Crippen LogP contribution < -0.4 is 10.1 Å². The van der Waals surface area contributed by atoms with Crippen molar-refractivity contribution in [2.75, 3.05) is 19.0 Å². The van der Waals surface area contributed by atoms with E-state index >= 15 is 0 Å². The Morgan fingerprint density at radius 2 is 1.93 bits per heavy atom. The topological polar surface area (TPSA) is 104 Å². The predicted octanol–water partition coefficient (Wildman–Crippen LogP) is 3.82. The van der Waals surface area contributed by atoms with E-state index < -0.39 is 18.5 Å². The summed E-state index contributed by atoms with van der Waals surface area (Å²) in [5.74, 6) is 0.211. The molecule has 1 heterocycles. The van der Waals surface area contributed by atoms with Gasteiger partial charge in [0, 0.05) is 17.0 Å². The van der Waals surface area contributed by atoms with E-state index in [4.69, 9.17) is 25.6 Å². The number of anilines is 1. The van der Waals surface area contributed by atoms with Crippen molar-refractivity contribution < 1.29 is 23.6 Å². The Morgan fingerprint density at radius 3 is 2.67 bits per heavy atom. The van der Waals surface area contributed by atoms with Gasteiger partial charge in [0.05, 0.1) is 19.2 Å². The molecule has 0 unspecified atom stereocenters. The maximum Gasteiger partial charge on any atom is 0.306 e. The Labute approximate surface area is 178 Å². The van der Waals surface area contributed by atoms with Gasteiger partial charge in [-0.15, -0.1) is 0 Å².